The Labute approximate surface area is 112 Å². The Bertz CT molecular complexity index is 463. The predicted molar refractivity (Wildman–Crippen MR) is 71.2 cm³/mol. The minimum Gasteiger partial charge on any atom is -0.340 e. The lowest BCUT2D eigenvalue weighted by Crippen LogP contribution is -2.41. The first-order chi connectivity index (χ1) is 9.24. The molecule has 2 aliphatic rings. The van der Waals surface area contributed by atoms with Crippen molar-refractivity contribution < 1.29 is 9.18 Å². The van der Waals surface area contributed by atoms with Crippen LogP contribution in [0, 0.1) is 11.7 Å². The molecular weight excluding hydrogens is 243 g/mol. The van der Waals surface area contributed by atoms with Crippen LogP contribution in [0.5, 0.6) is 0 Å². The van der Waals surface area contributed by atoms with Crippen LogP contribution in [0.15, 0.2) is 24.3 Å². The van der Waals surface area contributed by atoms with Crippen LogP contribution in [0.3, 0.4) is 0 Å². The van der Waals surface area contributed by atoms with Crippen LogP contribution in [0.1, 0.15) is 18.4 Å². The molecule has 1 aromatic rings. The van der Waals surface area contributed by atoms with Gasteiger partial charge in [-0.05, 0) is 36.9 Å². The highest BCUT2D eigenvalue weighted by atomic mass is 19.1. The first-order valence-electron chi connectivity index (χ1n) is 6.98. The summed E-state index contributed by atoms with van der Waals surface area (Å²) in [4.78, 5) is 14.1. The van der Waals surface area contributed by atoms with Crippen LogP contribution in [-0.2, 0) is 11.2 Å². The number of carbonyl (C=O) groups excluding carboxylic acids is 1. The molecule has 0 radical (unpaired) electrons. The number of hydrogen-bond acceptors (Lipinski definition) is 2. The smallest absolute Gasteiger partial charge is 0.227 e. The molecule has 0 aliphatic carbocycles. The van der Waals surface area contributed by atoms with Gasteiger partial charge in [0.15, 0.2) is 0 Å². The summed E-state index contributed by atoms with van der Waals surface area (Å²) in [6.07, 6.45) is 2.56. The second-order valence-electron chi connectivity index (χ2n) is 5.53. The Morgan fingerprint density at radius 3 is 3.00 bits per heavy atom. The summed E-state index contributed by atoms with van der Waals surface area (Å²) in [5, 5.41) is 3.47. The number of halogens is 1. The molecule has 1 N–H and O–H groups in total. The molecule has 3 rings (SSSR count). The minimum atomic E-state index is -0.286. The van der Waals surface area contributed by atoms with Gasteiger partial charge in [-0.1, -0.05) is 18.2 Å². The summed E-state index contributed by atoms with van der Waals surface area (Å²) in [6.45, 7) is 2.65. The third-order valence-corrected chi connectivity index (χ3v) is 4.25. The molecule has 19 heavy (non-hydrogen) atoms. The highest BCUT2D eigenvalue weighted by molar-refractivity contribution is 5.79. The Morgan fingerprint density at radius 2 is 2.21 bits per heavy atom. The fourth-order valence-corrected chi connectivity index (χ4v) is 3.17. The number of likely N-dealkylation sites (tertiary alicyclic amines) is 1. The van der Waals surface area contributed by atoms with Crippen LogP contribution >= 0.6 is 0 Å². The summed E-state index contributed by atoms with van der Waals surface area (Å²) in [7, 11) is 0. The summed E-state index contributed by atoms with van der Waals surface area (Å²) < 4.78 is 13.5. The van der Waals surface area contributed by atoms with Crippen molar-refractivity contribution in [2.24, 2.45) is 5.92 Å². The molecule has 2 heterocycles. The molecule has 2 fully saturated rings. The van der Waals surface area contributed by atoms with Crippen molar-refractivity contribution in [3.05, 3.63) is 35.6 Å². The average molecular weight is 262 g/mol. The summed E-state index contributed by atoms with van der Waals surface area (Å²) in [5.41, 5.74) is 0.496. The van der Waals surface area contributed by atoms with Gasteiger partial charge in [0.1, 0.15) is 5.82 Å². The van der Waals surface area contributed by atoms with Crippen LogP contribution in [-0.4, -0.2) is 36.5 Å². The Morgan fingerprint density at radius 1 is 1.37 bits per heavy atom. The summed E-state index contributed by atoms with van der Waals surface area (Å²) >= 11 is 0. The van der Waals surface area contributed by atoms with Gasteiger partial charge in [0.2, 0.25) is 5.91 Å². The number of amides is 1. The van der Waals surface area contributed by atoms with E-state index in [0.717, 1.165) is 19.6 Å². The quantitative estimate of drug-likeness (QED) is 0.877. The SMILES string of the molecule is O=C(Cc1ccccc1F)N1CC2CCCNC2C1. The average Bonchev–Trinajstić information content (AvgIpc) is 2.85. The second kappa shape index (κ2) is 5.29. The van der Waals surface area contributed by atoms with E-state index in [9.17, 15) is 9.18 Å². The van der Waals surface area contributed by atoms with E-state index in [1.54, 1.807) is 18.2 Å². The molecule has 0 bridgehead atoms. The summed E-state index contributed by atoms with van der Waals surface area (Å²) in [5.74, 6) is 0.338. The van der Waals surface area contributed by atoms with E-state index in [0.29, 0.717) is 17.5 Å². The number of piperidine rings is 1. The maximum Gasteiger partial charge on any atom is 0.227 e. The molecule has 2 saturated heterocycles. The first-order valence-corrected chi connectivity index (χ1v) is 6.98. The first kappa shape index (κ1) is 12.6. The van der Waals surface area contributed by atoms with Gasteiger partial charge in [-0.2, -0.15) is 0 Å². The van der Waals surface area contributed by atoms with Crippen LogP contribution < -0.4 is 5.32 Å². The molecule has 102 valence electrons. The molecule has 1 aromatic carbocycles. The number of nitrogens with one attached hydrogen (secondary N) is 1. The number of carbonyl (C=O) groups is 1. The highest BCUT2D eigenvalue weighted by Crippen LogP contribution is 2.25. The standard InChI is InChI=1S/C15H19FN2O/c16-13-6-2-1-4-11(13)8-15(19)18-9-12-5-3-7-17-14(12)10-18/h1-2,4,6,12,14,17H,3,5,7-10H2. The zero-order valence-corrected chi connectivity index (χ0v) is 10.9. The van der Waals surface area contributed by atoms with Crippen molar-refractivity contribution in [2.45, 2.75) is 25.3 Å². The second-order valence-corrected chi connectivity index (χ2v) is 5.53. The molecule has 4 heteroatoms. The van der Waals surface area contributed by atoms with E-state index in [1.165, 1.54) is 18.9 Å². The zero-order chi connectivity index (χ0) is 13.2. The van der Waals surface area contributed by atoms with Crippen molar-refractivity contribution in [1.29, 1.82) is 0 Å². The predicted octanol–water partition coefficient (Wildman–Crippen LogP) is 1.58. The zero-order valence-electron chi connectivity index (χ0n) is 10.9. The molecule has 2 atom stereocenters. The summed E-state index contributed by atoms with van der Waals surface area (Å²) in [6, 6.07) is 6.97. The van der Waals surface area contributed by atoms with Gasteiger partial charge in [-0.3, -0.25) is 4.79 Å². The molecule has 0 spiro atoms. The van der Waals surface area contributed by atoms with Crippen molar-refractivity contribution in [3.63, 3.8) is 0 Å². The molecule has 1 amide bonds. The monoisotopic (exact) mass is 262 g/mol. The van der Waals surface area contributed by atoms with E-state index in [1.807, 2.05) is 4.90 Å². The van der Waals surface area contributed by atoms with Gasteiger partial charge in [0.05, 0.1) is 6.42 Å². The van der Waals surface area contributed by atoms with Crippen LogP contribution in [0.2, 0.25) is 0 Å². The van der Waals surface area contributed by atoms with Crippen LogP contribution in [0.25, 0.3) is 0 Å². The number of rotatable bonds is 2. The Balaban J connectivity index is 1.64. The topological polar surface area (TPSA) is 32.3 Å². The molecule has 0 aromatic heterocycles. The van der Waals surface area contributed by atoms with Gasteiger partial charge in [0.25, 0.3) is 0 Å². The molecule has 0 saturated carbocycles. The van der Waals surface area contributed by atoms with Crippen molar-refractivity contribution in [1.82, 2.24) is 10.2 Å². The maximum absolute atomic E-state index is 13.5. The number of hydrogen-bond donors (Lipinski definition) is 1. The van der Waals surface area contributed by atoms with E-state index >= 15 is 0 Å². The van der Waals surface area contributed by atoms with Crippen molar-refractivity contribution >= 4 is 5.91 Å². The van der Waals surface area contributed by atoms with E-state index < -0.39 is 0 Å². The van der Waals surface area contributed by atoms with Gasteiger partial charge >= 0.3 is 0 Å². The van der Waals surface area contributed by atoms with E-state index in [4.69, 9.17) is 0 Å². The number of nitrogens with zero attached hydrogens (tertiary/aromatic N) is 1. The lowest BCUT2D eigenvalue weighted by Gasteiger charge is -2.24. The molecule has 3 nitrogen and oxygen atoms in total. The van der Waals surface area contributed by atoms with E-state index in [2.05, 4.69) is 5.32 Å². The van der Waals surface area contributed by atoms with Gasteiger partial charge in [-0.25, -0.2) is 4.39 Å². The van der Waals surface area contributed by atoms with Crippen molar-refractivity contribution in [3.8, 4) is 0 Å². The van der Waals surface area contributed by atoms with E-state index in [-0.39, 0.29) is 18.1 Å². The third kappa shape index (κ3) is 2.63. The number of benzene rings is 1. The largest absolute Gasteiger partial charge is 0.340 e. The molecule has 2 unspecified atom stereocenters. The fourth-order valence-electron chi connectivity index (χ4n) is 3.17. The lowest BCUT2D eigenvalue weighted by molar-refractivity contribution is -0.129. The van der Waals surface area contributed by atoms with Crippen LogP contribution in [0.4, 0.5) is 4.39 Å². The highest BCUT2D eigenvalue weighted by Gasteiger charge is 2.36. The van der Waals surface area contributed by atoms with Gasteiger partial charge in [0, 0.05) is 19.1 Å². The third-order valence-electron chi connectivity index (χ3n) is 4.25. The molecular formula is C15H19FN2O. The van der Waals surface area contributed by atoms with Gasteiger partial charge in [-0.15, -0.1) is 0 Å². The van der Waals surface area contributed by atoms with Gasteiger partial charge < -0.3 is 10.2 Å². The normalized spacial score (nSPS) is 26.3. The Hall–Kier alpha value is -1.42. The minimum absolute atomic E-state index is 0.0429. The van der Waals surface area contributed by atoms with Crippen molar-refractivity contribution in [2.75, 3.05) is 19.6 Å². The number of fused-ring (bicyclic) bond motifs is 1. The Kier molecular flexibility index (Phi) is 3.51. The lowest BCUT2D eigenvalue weighted by atomic mass is 9.94. The fraction of sp³-hybridized carbons (Fsp3) is 0.533. The maximum atomic E-state index is 13.5. The molecule has 2 aliphatic heterocycles.